The minimum absolute atomic E-state index is 0.694. The molecule has 1 heterocycles. The molecule has 0 unspecified atom stereocenters. The SMILES string of the molecule is S=c1[nH]nc(C2CC2)n1CCC1CCC1. The third kappa shape index (κ3) is 1.87. The topological polar surface area (TPSA) is 33.6 Å². The Kier molecular flexibility index (Phi) is 2.39. The van der Waals surface area contributed by atoms with E-state index in [1.807, 2.05) is 0 Å². The third-order valence-electron chi connectivity index (χ3n) is 3.72. The monoisotopic (exact) mass is 223 g/mol. The van der Waals surface area contributed by atoms with E-state index >= 15 is 0 Å². The van der Waals surface area contributed by atoms with E-state index < -0.39 is 0 Å². The number of nitrogens with zero attached hydrogens (tertiary/aromatic N) is 2. The second-order valence-corrected chi connectivity index (χ2v) is 5.29. The molecular weight excluding hydrogens is 206 g/mol. The highest BCUT2D eigenvalue weighted by Crippen LogP contribution is 2.39. The summed E-state index contributed by atoms with van der Waals surface area (Å²) in [6.07, 6.45) is 8.14. The van der Waals surface area contributed by atoms with Gasteiger partial charge in [0.05, 0.1) is 0 Å². The van der Waals surface area contributed by atoms with Crippen molar-refractivity contribution in [2.24, 2.45) is 5.92 Å². The van der Waals surface area contributed by atoms with E-state index in [0.717, 1.165) is 17.2 Å². The lowest BCUT2D eigenvalue weighted by Crippen LogP contribution is -2.15. The Bertz CT molecular complexity index is 398. The number of hydrogen-bond acceptors (Lipinski definition) is 2. The standard InChI is InChI=1S/C11H17N3S/c15-11-13-12-10(9-4-5-9)14(11)7-6-8-2-1-3-8/h8-9H,1-7H2,(H,13,15). The zero-order valence-corrected chi connectivity index (χ0v) is 9.72. The first-order valence-electron chi connectivity index (χ1n) is 5.99. The lowest BCUT2D eigenvalue weighted by molar-refractivity contribution is 0.280. The van der Waals surface area contributed by atoms with E-state index in [-0.39, 0.29) is 0 Å². The fourth-order valence-electron chi connectivity index (χ4n) is 2.29. The van der Waals surface area contributed by atoms with Gasteiger partial charge in [-0.15, -0.1) is 0 Å². The quantitative estimate of drug-likeness (QED) is 0.796. The highest BCUT2D eigenvalue weighted by Gasteiger charge is 2.29. The molecule has 0 radical (unpaired) electrons. The molecule has 2 aliphatic carbocycles. The maximum atomic E-state index is 5.27. The average Bonchev–Trinajstić information content (AvgIpc) is 2.91. The minimum Gasteiger partial charge on any atom is -0.304 e. The van der Waals surface area contributed by atoms with Gasteiger partial charge >= 0.3 is 0 Å². The predicted octanol–water partition coefficient (Wildman–Crippen LogP) is 3.01. The smallest absolute Gasteiger partial charge is 0.195 e. The molecule has 1 N–H and O–H groups in total. The van der Waals surface area contributed by atoms with Crippen molar-refractivity contribution >= 4 is 12.2 Å². The van der Waals surface area contributed by atoms with Crippen molar-refractivity contribution in [1.82, 2.24) is 14.8 Å². The van der Waals surface area contributed by atoms with Crippen molar-refractivity contribution in [2.75, 3.05) is 0 Å². The van der Waals surface area contributed by atoms with Gasteiger partial charge in [0.25, 0.3) is 0 Å². The van der Waals surface area contributed by atoms with Crippen molar-refractivity contribution in [3.05, 3.63) is 10.6 Å². The molecule has 1 aromatic rings. The summed E-state index contributed by atoms with van der Waals surface area (Å²) < 4.78 is 3.04. The molecule has 2 fully saturated rings. The van der Waals surface area contributed by atoms with Crippen LogP contribution in [0.15, 0.2) is 0 Å². The Morgan fingerprint density at radius 1 is 1.33 bits per heavy atom. The van der Waals surface area contributed by atoms with Gasteiger partial charge in [0.1, 0.15) is 5.82 Å². The fraction of sp³-hybridized carbons (Fsp3) is 0.818. The van der Waals surface area contributed by atoms with Crippen molar-refractivity contribution in [3.8, 4) is 0 Å². The van der Waals surface area contributed by atoms with E-state index in [4.69, 9.17) is 12.2 Å². The van der Waals surface area contributed by atoms with Crippen molar-refractivity contribution in [2.45, 2.75) is 51.0 Å². The maximum Gasteiger partial charge on any atom is 0.195 e. The maximum absolute atomic E-state index is 5.27. The summed E-state index contributed by atoms with van der Waals surface area (Å²) in [6, 6.07) is 0. The van der Waals surface area contributed by atoms with Crippen molar-refractivity contribution in [3.63, 3.8) is 0 Å². The summed E-state index contributed by atoms with van der Waals surface area (Å²) in [5, 5.41) is 7.28. The van der Waals surface area contributed by atoms with Gasteiger partial charge in [0.2, 0.25) is 0 Å². The first kappa shape index (κ1) is 9.58. The van der Waals surface area contributed by atoms with Crippen LogP contribution in [0, 0.1) is 10.7 Å². The van der Waals surface area contributed by atoms with Crippen LogP contribution in [0.25, 0.3) is 0 Å². The first-order chi connectivity index (χ1) is 7.34. The van der Waals surface area contributed by atoms with E-state index in [0.29, 0.717) is 5.92 Å². The number of rotatable bonds is 4. The summed E-state index contributed by atoms with van der Waals surface area (Å²) in [5.41, 5.74) is 0. The average molecular weight is 223 g/mol. The molecular formula is C11H17N3S. The van der Waals surface area contributed by atoms with Crippen LogP contribution < -0.4 is 0 Å². The van der Waals surface area contributed by atoms with Crippen LogP contribution in [-0.2, 0) is 6.54 Å². The number of nitrogens with one attached hydrogen (secondary N) is 1. The van der Waals surface area contributed by atoms with Gasteiger partial charge in [-0.3, -0.25) is 5.10 Å². The molecule has 0 aromatic carbocycles. The number of hydrogen-bond donors (Lipinski definition) is 1. The Balaban J connectivity index is 1.71. The molecule has 0 saturated heterocycles. The summed E-state index contributed by atoms with van der Waals surface area (Å²) in [4.78, 5) is 0. The molecule has 3 rings (SSSR count). The summed E-state index contributed by atoms with van der Waals surface area (Å²) in [5.74, 6) is 2.85. The van der Waals surface area contributed by atoms with Gasteiger partial charge in [-0.05, 0) is 37.4 Å². The highest BCUT2D eigenvalue weighted by molar-refractivity contribution is 7.71. The van der Waals surface area contributed by atoms with E-state index in [1.54, 1.807) is 0 Å². The van der Waals surface area contributed by atoms with Gasteiger partial charge in [-0.1, -0.05) is 19.3 Å². The van der Waals surface area contributed by atoms with Gasteiger partial charge in [-0.25, -0.2) is 0 Å². The Morgan fingerprint density at radius 3 is 2.73 bits per heavy atom. The lowest BCUT2D eigenvalue weighted by atomic mass is 9.83. The van der Waals surface area contributed by atoms with Crippen LogP contribution in [-0.4, -0.2) is 14.8 Å². The van der Waals surface area contributed by atoms with E-state index in [2.05, 4.69) is 14.8 Å². The van der Waals surface area contributed by atoms with Crippen LogP contribution in [0.2, 0.25) is 0 Å². The zero-order valence-electron chi connectivity index (χ0n) is 8.91. The zero-order chi connectivity index (χ0) is 10.3. The summed E-state index contributed by atoms with van der Waals surface area (Å²) in [7, 11) is 0. The number of H-pyrrole nitrogens is 1. The summed E-state index contributed by atoms with van der Waals surface area (Å²) >= 11 is 5.27. The largest absolute Gasteiger partial charge is 0.304 e. The highest BCUT2D eigenvalue weighted by atomic mass is 32.1. The van der Waals surface area contributed by atoms with E-state index in [1.165, 1.54) is 44.3 Å². The van der Waals surface area contributed by atoms with Crippen LogP contribution >= 0.6 is 12.2 Å². The van der Waals surface area contributed by atoms with Gasteiger partial charge in [-0.2, -0.15) is 5.10 Å². The normalized spacial score (nSPS) is 21.6. The van der Waals surface area contributed by atoms with Gasteiger partial charge in [0.15, 0.2) is 4.77 Å². The molecule has 0 aliphatic heterocycles. The molecule has 2 saturated carbocycles. The van der Waals surface area contributed by atoms with Gasteiger partial charge < -0.3 is 4.57 Å². The number of aromatic nitrogens is 3. The van der Waals surface area contributed by atoms with Crippen molar-refractivity contribution in [1.29, 1.82) is 0 Å². The molecule has 0 atom stereocenters. The third-order valence-corrected chi connectivity index (χ3v) is 4.03. The van der Waals surface area contributed by atoms with Gasteiger partial charge in [0, 0.05) is 12.5 Å². The number of aromatic amines is 1. The molecule has 2 aliphatic rings. The van der Waals surface area contributed by atoms with Crippen LogP contribution in [0.4, 0.5) is 0 Å². The second-order valence-electron chi connectivity index (χ2n) is 4.90. The van der Waals surface area contributed by atoms with E-state index in [9.17, 15) is 0 Å². The Morgan fingerprint density at radius 2 is 2.13 bits per heavy atom. The molecule has 0 spiro atoms. The molecule has 0 amide bonds. The van der Waals surface area contributed by atoms with Crippen LogP contribution in [0.1, 0.15) is 50.3 Å². The molecule has 0 bridgehead atoms. The molecule has 82 valence electrons. The minimum atomic E-state index is 0.694. The van der Waals surface area contributed by atoms with Crippen LogP contribution in [0.5, 0.6) is 0 Å². The second kappa shape index (κ2) is 3.74. The molecule has 3 nitrogen and oxygen atoms in total. The van der Waals surface area contributed by atoms with Crippen LogP contribution in [0.3, 0.4) is 0 Å². The summed E-state index contributed by atoms with van der Waals surface area (Å²) in [6.45, 7) is 1.08. The fourth-order valence-corrected chi connectivity index (χ4v) is 2.52. The molecule has 15 heavy (non-hydrogen) atoms. The van der Waals surface area contributed by atoms with Crippen molar-refractivity contribution < 1.29 is 0 Å². The predicted molar refractivity (Wildman–Crippen MR) is 61.3 cm³/mol. The molecule has 1 aromatic heterocycles. The first-order valence-corrected chi connectivity index (χ1v) is 6.40. The Hall–Kier alpha value is -0.640. The molecule has 4 heteroatoms. The lowest BCUT2D eigenvalue weighted by Gasteiger charge is -2.25. The Labute approximate surface area is 94.9 Å².